The van der Waals surface area contributed by atoms with Crippen LogP contribution in [0, 0.1) is 5.92 Å². The highest BCUT2D eigenvalue weighted by atomic mass is 16.3. The Balaban J connectivity index is 1.84. The first-order valence-corrected chi connectivity index (χ1v) is 8.93. The van der Waals surface area contributed by atoms with Crippen LogP contribution in [-0.2, 0) is 11.2 Å². The average molecular weight is 334 g/mol. The third-order valence-electron chi connectivity index (χ3n) is 4.04. The van der Waals surface area contributed by atoms with Gasteiger partial charge in [-0.1, -0.05) is 20.8 Å². The molecule has 1 aromatic rings. The lowest BCUT2D eigenvalue weighted by molar-refractivity contribution is -0.129. The van der Waals surface area contributed by atoms with Crippen molar-refractivity contribution in [2.75, 3.05) is 26.2 Å². The average Bonchev–Trinajstić information content (AvgIpc) is 3.23. The maximum Gasteiger partial charge on any atom is 0.222 e. The minimum Gasteiger partial charge on any atom is -0.469 e. The van der Waals surface area contributed by atoms with E-state index >= 15 is 0 Å². The quantitative estimate of drug-likeness (QED) is 0.591. The molecule has 134 valence electrons. The summed E-state index contributed by atoms with van der Waals surface area (Å²) < 4.78 is 5.36. The molecule has 2 rings (SSSR count). The van der Waals surface area contributed by atoms with Gasteiger partial charge in [0.05, 0.1) is 6.26 Å². The molecule has 1 aliphatic rings. The molecule has 6 nitrogen and oxygen atoms in total. The topological polar surface area (TPSA) is 69.9 Å². The number of nitrogens with one attached hydrogen (secondary N) is 2. The second-order valence-electron chi connectivity index (χ2n) is 6.66. The second-order valence-corrected chi connectivity index (χ2v) is 6.66. The van der Waals surface area contributed by atoms with Crippen LogP contribution in [0.2, 0.25) is 0 Å². The van der Waals surface area contributed by atoms with E-state index in [2.05, 4.69) is 29.5 Å². The third kappa shape index (κ3) is 5.91. The second kappa shape index (κ2) is 9.35. The number of aliphatic imine (C=N–C) groups is 1. The zero-order valence-corrected chi connectivity index (χ0v) is 15.0. The van der Waals surface area contributed by atoms with Crippen molar-refractivity contribution in [2.45, 2.75) is 46.1 Å². The lowest BCUT2D eigenvalue weighted by Gasteiger charge is -2.19. The molecular formula is C18H30N4O2. The first kappa shape index (κ1) is 18.4. The number of furan rings is 1. The van der Waals surface area contributed by atoms with Gasteiger partial charge in [-0.15, -0.1) is 0 Å². The van der Waals surface area contributed by atoms with Crippen molar-refractivity contribution in [1.29, 1.82) is 0 Å². The van der Waals surface area contributed by atoms with E-state index in [1.165, 1.54) is 0 Å². The monoisotopic (exact) mass is 334 g/mol. The molecule has 1 aromatic heterocycles. The van der Waals surface area contributed by atoms with E-state index in [1.54, 1.807) is 6.26 Å². The van der Waals surface area contributed by atoms with Crippen molar-refractivity contribution >= 4 is 11.9 Å². The van der Waals surface area contributed by atoms with E-state index in [1.807, 2.05) is 24.0 Å². The Morgan fingerprint density at radius 1 is 1.50 bits per heavy atom. The highest BCUT2D eigenvalue weighted by Gasteiger charge is 2.25. The Morgan fingerprint density at radius 3 is 3.00 bits per heavy atom. The fraction of sp³-hybridized carbons (Fsp3) is 0.667. The summed E-state index contributed by atoms with van der Waals surface area (Å²) in [4.78, 5) is 18.4. The highest BCUT2D eigenvalue weighted by Crippen LogP contribution is 2.10. The summed E-state index contributed by atoms with van der Waals surface area (Å²) in [5.74, 6) is 2.53. The molecule has 0 saturated carbocycles. The molecule has 0 bridgehead atoms. The Kier molecular flexibility index (Phi) is 7.15. The van der Waals surface area contributed by atoms with Crippen molar-refractivity contribution in [1.82, 2.24) is 15.5 Å². The van der Waals surface area contributed by atoms with Crippen LogP contribution in [0.3, 0.4) is 0 Å². The minimum atomic E-state index is 0.228. The first-order valence-electron chi connectivity index (χ1n) is 8.93. The maximum atomic E-state index is 11.8. The predicted octanol–water partition coefficient (Wildman–Crippen LogP) is 2.02. The van der Waals surface area contributed by atoms with Crippen molar-refractivity contribution < 1.29 is 9.21 Å². The Labute approximate surface area is 144 Å². The van der Waals surface area contributed by atoms with Crippen LogP contribution in [0.5, 0.6) is 0 Å². The Bertz CT molecular complexity index is 525. The number of amides is 1. The molecule has 1 unspecified atom stereocenters. The van der Waals surface area contributed by atoms with Crippen LogP contribution in [0.15, 0.2) is 27.8 Å². The van der Waals surface area contributed by atoms with Crippen molar-refractivity contribution in [3.8, 4) is 0 Å². The molecule has 1 fully saturated rings. The van der Waals surface area contributed by atoms with Crippen LogP contribution >= 0.6 is 0 Å². The van der Waals surface area contributed by atoms with Gasteiger partial charge in [0, 0.05) is 45.1 Å². The minimum absolute atomic E-state index is 0.228. The Morgan fingerprint density at radius 2 is 2.33 bits per heavy atom. The molecule has 2 heterocycles. The van der Waals surface area contributed by atoms with Crippen molar-refractivity contribution in [3.05, 3.63) is 24.2 Å². The number of carbonyl (C=O) groups excluding carboxylic acids is 1. The van der Waals surface area contributed by atoms with Crippen LogP contribution in [-0.4, -0.2) is 49.0 Å². The predicted molar refractivity (Wildman–Crippen MR) is 96.0 cm³/mol. The van der Waals surface area contributed by atoms with Crippen molar-refractivity contribution in [2.24, 2.45) is 10.9 Å². The van der Waals surface area contributed by atoms with E-state index in [-0.39, 0.29) is 11.9 Å². The van der Waals surface area contributed by atoms with E-state index in [4.69, 9.17) is 4.42 Å². The smallest absolute Gasteiger partial charge is 0.222 e. The lowest BCUT2D eigenvalue weighted by atomic mass is 10.2. The number of hydrogen-bond acceptors (Lipinski definition) is 3. The third-order valence-corrected chi connectivity index (χ3v) is 4.04. The lowest BCUT2D eigenvalue weighted by Crippen LogP contribution is -2.45. The van der Waals surface area contributed by atoms with Crippen molar-refractivity contribution in [3.63, 3.8) is 0 Å². The fourth-order valence-electron chi connectivity index (χ4n) is 2.71. The van der Waals surface area contributed by atoms with Gasteiger partial charge in [0.1, 0.15) is 5.76 Å². The molecule has 0 radical (unpaired) electrons. The summed E-state index contributed by atoms with van der Waals surface area (Å²) in [6.07, 6.45) is 4.05. The molecule has 1 saturated heterocycles. The standard InChI is InChI=1S/C18H30N4O2/c1-4-17(23)22-10-8-15(13-22)21-18(20-12-14(2)3)19-9-7-16-6-5-11-24-16/h5-6,11,14-15H,4,7-10,12-13H2,1-3H3,(H2,19,20,21). The van der Waals surface area contributed by atoms with Crippen LogP contribution < -0.4 is 10.6 Å². The molecule has 0 aromatic carbocycles. The summed E-state index contributed by atoms with van der Waals surface area (Å²) in [6.45, 7) is 9.35. The first-order chi connectivity index (χ1) is 11.6. The Hall–Kier alpha value is -1.98. The van der Waals surface area contributed by atoms with Gasteiger partial charge >= 0.3 is 0 Å². The number of likely N-dealkylation sites (tertiary alicyclic amines) is 1. The van der Waals surface area contributed by atoms with Crippen LogP contribution in [0.4, 0.5) is 0 Å². The van der Waals surface area contributed by atoms with E-state index < -0.39 is 0 Å². The van der Waals surface area contributed by atoms with E-state index in [0.29, 0.717) is 12.3 Å². The molecule has 2 N–H and O–H groups in total. The van der Waals surface area contributed by atoms with Gasteiger partial charge < -0.3 is 20.0 Å². The summed E-state index contributed by atoms with van der Waals surface area (Å²) in [5, 5.41) is 6.85. The molecule has 6 heteroatoms. The number of nitrogens with zero attached hydrogens (tertiary/aromatic N) is 2. The SMILES string of the molecule is CCC(=O)N1CCC(NC(=NCC(C)C)NCCc2ccco2)C1. The maximum absolute atomic E-state index is 11.8. The zero-order valence-electron chi connectivity index (χ0n) is 15.0. The van der Waals surface area contributed by atoms with Gasteiger partial charge in [0.25, 0.3) is 0 Å². The molecule has 1 amide bonds. The number of rotatable bonds is 7. The summed E-state index contributed by atoms with van der Waals surface area (Å²) in [5.41, 5.74) is 0. The zero-order chi connectivity index (χ0) is 17.4. The van der Waals surface area contributed by atoms with E-state index in [9.17, 15) is 4.79 Å². The summed E-state index contributed by atoms with van der Waals surface area (Å²) >= 11 is 0. The van der Waals surface area contributed by atoms with Gasteiger partial charge in [-0.25, -0.2) is 0 Å². The van der Waals surface area contributed by atoms with Crippen LogP contribution in [0.25, 0.3) is 0 Å². The van der Waals surface area contributed by atoms with Gasteiger partial charge in [-0.05, 0) is 24.5 Å². The molecule has 0 aliphatic carbocycles. The number of carbonyl (C=O) groups is 1. The van der Waals surface area contributed by atoms with Gasteiger partial charge in [0.2, 0.25) is 5.91 Å². The normalized spacial score (nSPS) is 18.2. The highest BCUT2D eigenvalue weighted by molar-refractivity contribution is 5.80. The fourth-order valence-corrected chi connectivity index (χ4v) is 2.71. The summed E-state index contributed by atoms with van der Waals surface area (Å²) in [6, 6.07) is 4.15. The van der Waals surface area contributed by atoms with Crippen LogP contribution in [0.1, 0.15) is 39.4 Å². The summed E-state index contributed by atoms with van der Waals surface area (Å²) in [7, 11) is 0. The largest absolute Gasteiger partial charge is 0.469 e. The molecule has 24 heavy (non-hydrogen) atoms. The number of guanidine groups is 1. The van der Waals surface area contributed by atoms with E-state index in [0.717, 1.165) is 50.7 Å². The molecule has 1 atom stereocenters. The van der Waals surface area contributed by atoms with Gasteiger partial charge in [-0.2, -0.15) is 0 Å². The van der Waals surface area contributed by atoms with Gasteiger partial charge in [-0.3, -0.25) is 9.79 Å². The molecular weight excluding hydrogens is 304 g/mol. The molecule has 1 aliphatic heterocycles. The number of hydrogen-bond donors (Lipinski definition) is 2. The molecule has 0 spiro atoms. The van der Waals surface area contributed by atoms with Gasteiger partial charge in [0.15, 0.2) is 5.96 Å².